The van der Waals surface area contributed by atoms with Gasteiger partial charge in [-0.3, -0.25) is 29.2 Å². The van der Waals surface area contributed by atoms with Gasteiger partial charge in [-0.2, -0.15) is 5.26 Å². The number of alkyl halides is 2. The first kappa shape index (κ1) is 28.0. The average molecular weight is 583 g/mol. The lowest BCUT2D eigenvalue weighted by molar-refractivity contribution is -0.133. The fourth-order valence-corrected chi connectivity index (χ4v) is 5.15. The highest BCUT2D eigenvalue weighted by atomic mass is 35.5. The largest absolute Gasteiger partial charge is 0.351 e. The van der Waals surface area contributed by atoms with Gasteiger partial charge in [0.1, 0.15) is 23.7 Å². The van der Waals surface area contributed by atoms with Crippen LogP contribution >= 0.6 is 11.6 Å². The number of amides is 3. The predicted molar refractivity (Wildman–Crippen MR) is 141 cm³/mol. The third-order valence-corrected chi connectivity index (χ3v) is 7.21. The Labute approximate surface area is 237 Å². The fraction of sp³-hybridized carbons (Fsp3) is 0.286. The van der Waals surface area contributed by atoms with Crippen molar-refractivity contribution in [2.45, 2.75) is 49.7 Å². The number of benzene rings is 1. The van der Waals surface area contributed by atoms with E-state index in [1.807, 2.05) is 6.07 Å². The maximum atomic E-state index is 14.4. The van der Waals surface area contributed by atoms with Crippen molar-refractivity contribution in [2.24, 2.45) is 0 Å². The molecule has 1 saturated carbocycles. The molecule has 0 bridgehead atoms. The molecule has 1 aliphatic carbocycles. The number of hydrogen-bond donors (Lipinski definition) is 1. The number of halogens is 4. The van der Waals surface area contributed by atoms with Gasteiger partial charge < -0.3 is 5.32 Å². The molecule has 2 fully saturated rings. The summed E-state index contributed by atoms with van der Waals surface area (Å²) < 4.78 is 41.5. The van der Waals surface area contributed by atoms with Crippen molar-refractivity contribution < 1.29 is 27.6 Å². The summed E-state index contributed by atoms with van der Waals surface area (Å²) in [7, 11) is 0. The van der Waals surface area contributed by atoms with E-state index in [9.17, 15) is 32.8 Å². The zero-order chi connectivity index (χ0) is 29.3. The molecule has 0 radical (unpaired) electrons. The second-order valence-electron chi connectivity index (χ2n) is 9.83. The molecule has 5 rings (SSSR count). The Morgan fingerprint density at radius 1 is 1.17 bits per heavy atom. The van der Waals surface area contributed by atoms with Crippen LogP contribution in [0.2, 0.25) is 5.02 Å². The lowest BCUT2D eigenvalue weighted by atomic mass is 9.87. The number of nitrogens with one attached hydrogen (secondary N) is 1. The highest BCUT2D eigenvalue weighted by Gasteiger charge is 2.48. The van der Waals surface area contributed by atoms with Gasteiger partial charge in [0, 0.05) is 42.6 Å². The molecular formula is C28H22ClF3N6O3. The summed E-state index contributed by atoms with van der Waals surface area (Å²) in [5.74, 6) is -5.63. The van der Waals surface area contributed by atoms with E-state index in [0.29, 0.717) is 5.02 Å². The number of carbonyl (C=O) groups is 3. The number of nitriles is 1. The molecule has 3 aromatic rings. The second-order valence-corrected chi connectivity index (χ2v) is 10.3. The number of anilines is 2. The zero-order valence-electron chi connectivity index (χ0n) is 21.3. The summed E-state index contributed by atoms with van der Waals surface area (Å²) in [5.41, 5.74) is 0.376. The summed E-state index contributed by atoms with van der Waals surface area (Å²) in [6.07, 6.45) is 2.32. The van der Waals surface area contributed by atoms with Crippen LogP contribution in [0.25, 0.3) is 0 Å². The van der Waals surface area contributed by atoms with Crippen molar-refractivity contribution >= 4 is 40.8 Å². The predicted octanol–water partition coefficient (Wildman–Crippen LogP) is 4.32. The minimum absolute atomic E-state index is 0.0287. The second kappa shape index (κ2) is 11.2. The van der Waals surface area contributed by atoms with E-state index in [2.05, 4.69) is 15.3 Å². The summed E-state index contributed by atoms with van der Waals surface area (Å²) in [6.45, 7) is 0. The Morgan fingerprint density at radius 3 is 2.56 bits per heavy atom. The Kier molecular flexibility index (Phi) is 7.64. The standard InChI is InChI=1S/C28H22ClF3N6O3/c29-18-3-1-17(2-4-18)25(26(40)36-20-11-28(31,32)12-20)37(21-10-19(30)14-34-15-21)27(41)22-5-6-24(39)38(22)23-9-16(13-33)7-8-35-23/h1-4,7-10,14-15,20,22,25H,5-6,11-12H2,(H,36,40)/t22?,25-/m0/s1. The minimum atomic E-state index is -2.91. The first-order valence-electron chi connectivity index (χ1n) is 12.6. The lowest BCUT2D eigenvalue weighted by Gasteiger charge is -2.39. The van der Waals surface area contributed by atoms with E-state index >= 15 is 0 Å². The van der Waals surface area contributed by atoms with Gasteiger partial charge in [-0.25, -0.2) is 18.2 Å². The van der Waals surface area contributed by atoms with E-state index in [-0.39, 0.29) is 35.5 Å². The molecule has 0 spiro atoms. The minimum Gasteiger partial charge on any atom is -0.351 e. The molecule has 9 nitrogen and oxygen atoms in total. The number of hydrogen-bond acceptors (Lipinski definition) is 6. The molecule has 3 heterocycles. The number of carbonyl (C=O) groups excluding carboxylic acids is 3. The van der Waals surface area contributed by atoms with E-state index in [0.717, 1.165) is 22.1 Å². The van der Waals surface area contributed by atoms with Crippen LogP contribution in [-0.2, 0) is 14.4 Å². The van der Waals surface area contributed by atoms with Crippen LogP contribution in [0.3, 0.4) is 0 Å². The summed E-state index contributed by atoms with van der Waals surface area (Å²) in [6, 6.07) is 8.25. The highest BCUT2D eigenvalue weighted by Crippen LogP contribution is 2.39. The molecular weight excluding hydrogens is 561 g/mol. The number of rotatable bonds is 7. The summed E-state index contributed by atoms with van der Waals surface area (Å²) in [5, 5.41) is 12.2. The van der Waals surface area contributed by atoms with E-state index in [1.165, 1.54) is 48.8 Å². The van der Waals surface area contributed by atoms with Gasteiger partial charge in [0.05, 0.1) is 29.7 Å². The Morgan fingerprint density at radius 2 is 1.90 bits per heavy atom. The zero-order valence-corrected chi connectivity index (χ0v) is 22.1. The van der Waals surface area contributed by atoms with Crippen molar-refractivity contribution in [1.29, 1.82) is 5.26 Å². The van der Waals surface area contributed by atoms with Crippen molar-refractivity contribution in [1.82, 2.24) is 15.3 Å². The maximum Gasteiger partial charge on any atom is 0.252 e. The van der Waals surface area contributed by atoms with Gasteiger partial charge >= 0.3 is 0 Å². The highest BCUT2D eigenvalue weighted by molar-refractivity contribution is 6.30. The lowest BCUT2D eigenvalue weighted by Crippen LogP contribution is -2.56. The molecule has 13 heteroatoms. The molecule has 1 aliphatic heterocycles. The Balaban J connectivity index is 1.59. The van der Waals surface area contributed by atoms with Crippen LogP contribution in [0, 0.1) is 17.1 Å². The number of nitrogens with zero attached hydrogens (tertiary/aromatic N) is 5. The maximum absolute atomic E-state index is 14.4. The van der Waals surface area contributed by atoms with Crippen LogP contribution in [0.4, 0.5) is 24.7 Å². The van der Waals surface area contributed by atoms with E-state index < -0.39 is 60.4 Å². The summed E-state index contributed by atoms with van der Waals surface area (Å²) in [4.78, 5) is 51.2. The number of pyridine rings is 2. The molecule has 210 valence electrons. The molecule has 3 amide bonds. The van der Waals surface area contributed by atoms with E-state index in [4.69, 9.17) is 11.6 Å². The normalized spacial score (nSPS) is 18.8. The SMILES string of the molecule is N#Cc1ccnc(N2C(=O)CCC2C(=O)N(c2cncc(F)c2)[C@H](C(=O)NC2CC(F)(F)C2)c2ccc(Cl)cc2)c1. The third-order valence-electron chi connectivity index (χ3n) is 6.95. The van der Waals surface area contributed by atoms with Crippen LogP contribution in [0.1, 0.15) is 42.9 Å². The average Bonchev–Trinajstić information content (AvgIpc) is 3.32. The molecule has 1 aromatic carbocycles. The van der Waals surface area contributed by atoms with Gasteiger partial charge in [0.25, 0.3) is 11.8 Å². The molecule has 1 N–H and O–H groups in total. The third kappa shape index (κ3) is 5.85. The van der Waals surface area contributed by atoms with Crippen molar-refractivity contribution in [3.8, 4) is 6.07 Å². The smallest absolute Gasteiger partial charge is 0.252 e. The molecule has 1 saturated heterocycles. The van der Waals surface area contributed by atoms with Gasteiger partial charge in [0.15, 0.2) is 0 Å². The monoisotopic (exact) mass is 582 g/mol. The van der Waals surface area contributed by atoms with Crippen molar-refractivity contribution in [3.05, 3.63) is 83.0 Å². The van der Waals surface area contributed by atoms with Gasteiger partial charge in [-0.05, 0) is 36.2 Å². The fourth-order valence-electron chi connectivity index (χ4n) is 5.03. The number of aromatic nitrogens is 2. The molecule has 41 heavy (non-hydrogen) atoms. The van der Waals surface area contributed by atoms with Crippen molar-refractivity contribution in [3.63, 3.8) is 0 Å². The molecule has 2 atom stereocenters. The molecule has 2 aliphatic rings. The van der Waals surface area contributed by atoms with Crippen LogP contribution in [-0.4, -0.2) is 45.7 Å². The molecule has 2 aromatic heterocycles. The van der Waals surface area contributed by atoms with Crippen molar-refractivity contribution in [2.75, 3.05) is 9.80 Å². The van der Waals surface area contributed by atoms with Gasteiger partial charge in [-0.1, -0.05) is 23.7 Å². The first-order valence-corrected chi connectivity index (χ1v) is 13.0. The van der Waals surface area contributed by atoms with E-state index in [1.54, 1.807) is 0 Å². The Bertz CT molecular complexity index is 1540. The summed E-state index contributed by atoms with van der Waals surface area (Å²) >= 11 is 6.06. The van der Waals surface area contributed by atoms with Crippen LogP contribution in [0.15, 0.2) is 61.1 Å². The molecule has 1 unspecified atom stereocenters. The Hall–Kier alpha value is -4.50. The quantitative estimate of drug-likeness (QED) is 0.443. The van der Waals surface area contributed by atoms with Gasteiger partial charge in [0.2, 0.25) is 11.8 Å². The van der Waals surface area contributed by atoms with Crippen LogP contribution < -0.4 is 15.1 Å². The van der Waals surface area contributed by atoms with Crippen LogP contribution in [0.5, 0.6) is 0 Å². The van der Waals surface area contributed by atoms with Gasteiger partial charge in [-0.15, -0.1) is 0 Å². The topological polar surface area (TPSA) is 119 Å². The first-order chi connectivity index (χ1) is 19.6.